The number of halogens is 1. The summed E-state index contributed by atoms with van der Waals surface area (Å²) < 4.78 is 12.5. The Morgan fingerprint density at radius 2 is 1.93 bits per heavy atom. The molecule has 3 rings (SSSR count). The van der Waals surface area contributed by atoms with Gasteiger partial charge in [0.2, 0.25) is 0 Å². The zero-order chi connectivity index (χ0) is 20.3. The lowest BCUT2D eigenvalue weighted by atomic mass is 10.2. The second-order valence-electron chi connectivity index (χ2n) is 7.23. The summed E-state index contributed by atoms with van der Waals surface area (Å²) in [5.41, 5.74) is 0.953. The van der Waals surface area contributed by atoms with Gasteiger partial charge in [0.25, 0.3) is 0 Å². The molecule has 0 N–H and O–H groups in total. The molecule has 0 atom stereocenters. The molecule has 0 saturated carbocycles. The molecule has 0 fully saturated rings. The second-order valence-corrected chi connectivity index (χ2v) is 7.67. The van der Waals surface area contributed by atoms with Crippen LogP contribution in [0.15, 0.2) is 42.7 Å². The normalized spacial score (nSPS) is 11.6. The SMILES string of the molecule is COCCN(C(=O)OC(C)(C)C)c1nn(-c2ccc(Cl)cc2)c2cnccc12. The van der Waals surface area contributed by atoms with Crippen molar-refractivity contribution in [2.24, 2.45) is 0 Å². The summed E-state index contributed by atoms with van der Waals surface area (Å²) >= 11 is 6.01. The molecule has 0 radical (unpaired) electrons. The molecule has 0 bridgehead atoms. The van der Waals surface area contributed by atoms with Gasteiger partial charge in [0.15, 0.2) is 5.82 Å². The lowest BCUT2D eigenvalue weighted by Crippen LogP contribution is -2.39. The van der Waals surface area contributed by atoms with Crippen LogP contribution < -0.4 is 4.90 Å². The first-order chi connectivity index (χ1) is 13.3. The second kappa shape index (κ2) is 8.16. The molecule has 2 aromatic heterocycles. The maximum Gasteiger partial charge on any atom is 0.416 e. The maximum atomic E-state index is 12.9. The van der Waals surface area contributed by atoms with E-state index in [0.717, 1.165) is 16.6 Å². The van der Waals surface area contributed by atoms with Gasteiger partial charge in [-0.15, -0.1) is 5.10 Å². The van der Waals surface area contributed by atoms with E-state index in [1.54, 1.807) is 36.3 Å². The quantitative estimate of drug-likeness (QED) is 0.630. The highest BCUT2D eigenvalue weighted by molar-refractivity contribution is 6.30. The van der Waals surface area contributed by atoms with E-state index in [1.165, 1.54) is 4.90 Å². The summed E-state index contributed by atoms with van der Waals surface area (Å²) in [4.78, 5) is 18.6. The number of benzene rings is 1. The highest BCUT2D eigenvalue weighted by Crippen LogP contribution is 2.29. The molecule has 7 nitrogen and oxygen atoms in total. The number of amides is 1. The number of carbonyl (C=O) groups is 1. The number of pyridine rings is 1. The summed E-state index contributed by atoms with van der Waals surface area (Å²) in [5.74, 6) is 0.485. The van der Waals surface area contributed by atoms with Crippen LogP contribution in [0.25, 0.3) is 16.6 Å². The van der Waals surface area contributed by atoms with Gasteiger partial charge in [-0.3, -0.25) is 9.88 Å². The van der Waals surface area contributed by atoms with Gasteiger partial charge in [-0.05, 0) is 51.1 Å². The molecular formula is C20H23ClN4O3. The predicted molar refractivity (Wildman–Crippen MR) is 109 cm³/mol. The summed E-state index contributed by atoms with van der Waals surface area (Å²) in [6.45, 7) is 6.13. The minimum atomic E-state index is -0.626. The van der Waals surface area contributed by atoms with Crippen LogP contribution in [0.1, 0.15) is 20.8 Å². The number of hydrogen-bond acceptors (Lipinski definition) is 5. The standard InChI is InChI=1S/C20H23ClN4O3/c1-20(2,3)28-19(26)24(11-12-27-4)18-16-9-10-22-13-17(16)25(23-18)15-7-5-14(21)6-8-15/h5-10,13H,11-12H2,1-4H3. The Bertz CT molecular complexity index is 964. The molecule has 8 heteroatoms. The number of ether oxygens (including phenoxy) is 2. The molecule has 0 unspecified atom stereocenters. The molecule has 28 heavy (non-hydrogen) atoms. The topological polar surface area (TPSA) is 69.5 Å². The van der Waals surface area contributed by atoms with Gasteiger partial charge in [-0.25, -0.2) is 9.48 Å². The third-order valence-electron chi connectivity index (χ3n) is 3.92. The van der Waals surface area contributed by atoms with Crippen LogP contribution in [0.2, 0.25) is 5.02 Å². The minimum Gasteiger partial charge on any atom is -0.443 e. The number of hydrogen-bond donors (Lipinski definition) is 0. The average molecular weight is 403 g/mol. The van der Waals surface area contributed by atoms with Crippen LogP contribution in [-0.4, -0.2) is 46.7 Å². The van der Waals surface area contributed by atoms with Crippen molar-refractivity contribution < 1.29 is 14.3 Å². The minimum absolute atomic E-state index is 0.306. The van der Waals surface area contributed by atoms with Crippen molar-refractivity contribution in [2.75, 3.05) is 25.2 Å². The van der Waals surface area contributed by atoms with E-state index in [1.807, 2.05) is 39.0 Å². The van der Waals surface area contributed by atoms with E-state index in [4.69, 9.17) is 26.2 Å². The Balaban J connectivity index is 2.11. The number of methoxy groups -OCH3 is 1. The molecular weight excluding hydrogens is 380 g/mol. The average Bonchev–Trinajstić information content (AvgIpc) is 3.01. The fourth-order valence-corrected chi connectivity index (χ4v) is 2.83. The van der Waals surface area contributed by atoms with Crippen molar-refractivity contribution in [3.05, 3.63) is 47.7 Å². The molecule has 0 aliphatic rings. The fraction of sp³-hybridized carbons (Fsp3) is 0.350. The van der Waals surface area contributed by atoms with Gasteiger partial charge in [-0.2, -0.15) is 0 Å². The van der Waals surface area contributed by atoms with Crippen molar-refractivity contribution >= 4 is 34.4 Å². The van der Waals surface area contributed by atoms with Crippen LogP contribution in [0.3, 0.4) is 0 Å². The zero-order valence-electron chi connectivity index (χ0n) is 16.3. The Labute approximate surface area is 168 Å². The number of rotatable bonds is 5. The number of carbonyl (C=O) groups excluding carboxylic acids is 1. The van der Waals surface area contributed by atoms with Crippen LogP contribution in [0.4, 0.5) is 10.6 Å². The summed E-state index contributed by atoms with van der Waals surface area (Å²) in [5, 5.41) is 6.11. The lowest BCUT2D eigenvalue weighted by Gasteiger charge is -2.26. The Morgan fingerprint density at radius 1 is 1.21 bits per heavy atom. The largest absolute Gasteiger partial charge is 0.443 e. The van der Waals surface area contributed by atoms with Crippen molar-refractivity contribution in [3.63, 3.8) is 0 Å². The van der Waals surface area contributed by atoms with Gasteiger partial charge in [0, 0.05) is 23.7 Å². The van der Waals surface area contributed by atoms with Gasteiger partial charge in [-0.1, -0.05) is 11.6 Å². The first-order valence-electron chi connectivity index (χ1n) is 8.88. The monoisotopic (exact) mass is 402 g/mol. The molecule has 0 saturated heterocycles. The van der Waals surface area contributed by atoms with Gasteiger partial charge in [0.05, 0.1) is 30.6 Å². The van der Waals surface area contributed by atoms with Gasteiger partial charge in [0.1, 0.15) is 5.60 Å². The van der Waals surface area contributed by atoms with E-state index in [9.17, 15) is 4.79 Å². The number of nitrogens with zero attached hydrogens (tertiary/aromatic N) is 4. The van der Waals surface area contributed by atoms with Crippen molar-refractivity contribution in [2.45, 2.75) is 26.4 Å². The van der Waals surface area contributed by atoms with E-state index in [-0.39, 0.29) is 0 Å². The molecule has 1 amide bonds. The van der Waals surface area contributed by atoms with Gasteiger partial charge >= 0.3 is 6.09 Å². The van der Waals surface area contributed by atoms with E-state index in [2.05, 4.69) is 4.98 Å². The molecule has 3 aromatic rings. The van der Waals surface area contributed by atoms with Gasteiger partial charge < -0.3 is 9.47 Å². The van der Waals surface area contributed by atoms with Crippen LogP contribution in [0, 0.1) is 0 Å². The third kappa shape index (κ3) is 4.43. The van der Waals surface area contributed by atoms with E-state index >= 15 is 0 Å². The maximum absolute atomic E-state index is 12.9. The Hall–Kier alpha value is -2.64. The number of aromatic nitrogens is 3. The summed E-state index contributed by atoms with van der Waals surface area (Å²) in [7, 11) is 1.58. The van der Waals surface area contributed by atoms with E-state index < -0.39 is 11.7 Å². The molecule has 1 aromatic carbocycles. The zero-order valence-corrected chi connectivity index (χ0v) is 17.1. The van der Waals surface area contributed by atoms with Crippen molar-refractivity contribution in [3.8, 4) is 5.69 Å². The molecule has 0 aliphatic heterocycles. The first-order valence-corrected chi connectivity index (χ1v) is 9.26. The van der Waals surface area contributed by atoms with E-state index in [0.29, 0.717) is 24.0 Å². The highest BCUT2D eigenvalue weighted by atomic mass is 35.5. The Morgan fingerprint density at radius 3 is 2.57 bits per heavy atom. The van der Waals surface area contributed by atoms with Crippen LogP contribution in [0.5, 0.6) is 0 Å². The number of anilines is 1. The van der Waals surface area contributed by atoms with Crippen LogP contribution >= 0.6 is 11.6 Å². The first kappa shape index (κ1) is 20.1. The molecule has 0 spiro atoms. The highest BCUT2D eigenvalue weighted by Gasteiger charge is 2.27. The predicted octanol–water partition coefficient (Wildman–Crippen LogP) is 4.46. The summed E-state index contributed by atoms with van der Waals surface area (Å²) in [6.07, 6.45) is 2.90. The Kier molecular flexibility index (Phi) is 5.86. The van der Waals surface area contributed by atoms with Crippen molar-refractivity contribution in [1.29, 1.82) is 0 Å². The lowest BCUT2D eigenvalue weighted by molar-refractivity contribution is 0.0568. The van der Waals surface area contributed by atoms with Crippen molar-refractivity contribution in [1.82, 2.24) is 14.8 Å². The number of fused-ring (bicyclic) bond motifs is 1. The molecule has 0 aliphatic carbocycles. The fourth-order valence-electron chi connectivity index (χ4n) is 2.71. The summed E-state index contributed by atoms with van der Waals surface area (Å²) in [6, 6.07) is 9.12. The smallest absolute Gasteiger partial charge is 0.416 e. The molecule has 148 valence electrons. The molecule has 2 heterocycles. The van der Waals surface area contributed by atoms with Crippen LogP contribution in [-0.2, 0) is 9.47 Å². The third-order valence-corrected chi connectivity index (χ3v) is 4.18.